The van der Waals surface area contributed by atoms with Crippen LogP contribution in [0.2, 0.25) is 0 Å². The smallest absolute Gasteiger partial charge is 0.159 e. The summed E-state index contributed by atoms with van der Waals surface area (Å²) in [5.41, 5.74) is 7.94. The van der Waals surface area contributed by atoms with Crippen molar-refractivity contribution in [2.45, 2.75) is 18.8 Å². The van der Waals surface area contributed by atoms with Crippen LogP contribution in [0.4, 0.5) is 5.82 Å². The number of aryl methyl sites for hydroxylation is 1. The Morgan fingerprint density at radius 3 is 2.88 bits per heavy atom. The highest BCUT2D eigenvalue weighted by Crippen LogP contribution is 2.28. The predicted octanol–water partition coefficient (Wildman–Crippen LogP) is 2.81. The second-order valence-corrected chi connectivity index (χ2v) is 6.92. The SMILES string of the molecule is Cn1nc(N)c2ccc([C@H]3CCCN(CCOc4ccccc4)C3)nc21. The maximum absolute atomic E-state index is 5.94. The van der Waals surface area contributed by atoms with Gasteiger partial charge in [-0.15, -0.1) is 0 Å². The highest BCUT2D eigenvalue weighted by molar-refractivity contribution is 5.86. The van der Waals surface area contributed by atoms with Crippen LogP contribution in [0.5, 0.6) is 5.75 Å². The van der Waals surface area contributed by atoms with Gasteiger partial charge in [0.25, 0.3) is 0 Å². The van der Waals surface area contributed by atoms with Crippen LogP contribution in [0, 0.1) is 0 Å². The van der Waals surface area contributed by atoms with Crippen molar-refractivity contribution in [3.63, 3.8) is 0 Å². The summed E-state index contributed by atoms with van der Waals surface area (Å²) in [6.07, 6.45) is 2.35. The van der Waals surface area contributed by atoms with Gasteiger partial charge in [-0.25, -0.2) is 9.67 Å². The van der Waals surface area contributed by atoms with E-state index in [4.69, 9.17) is 15.5 Å². The van der Waals surface area contributed by atoms with Gasteiger partial charge in [-0.1, -0.05) is 18.2 Å². The molecule has 6 heteroatoms. The summed E-state index contributed by atoms with van der Waals surface area (Å²) in [6, 6.07) is 14.2. The van der Waals surface area contributed by atoms with Gasteiger partial charge in [0, 0.05) is 31.7 Å². The standard InChI is InChI=1S/C20H25N5O/c1-24-20-17(19(21)23-24)9-10-18(22-20)15-6-5-11-25(14-15)12-13-26-16-7-3-2-4-8-16/h2-4,7-10,15H,5-6,11-14H2,1H3,(H2,21,23)/t15-/m0/s1. The molecule has 0 saturated carbocycles. The Morgan fingerprint density at radius 2 is 2.04 bits per heavy atom. The average Bonchev–Trinajstić information content (AvgIpc) is 2.96. The lowest BCUT2D eigenvalue weighted by molar-refractivity contribution is 0.169. The van der Waals surface area contributed by atoms with Crippen LogP contribution in [0.3, 0.4) is 0 Å². The molecule has 6 nitrogen and oxygen atoms in total. The summed E-state index contributed by atoms with van der Waals surface area (Å²) in [7, 11) is 1.89. The Hall–Kier alpha value is -2.60. The van der Waals surface area contributed by atoms with Crippen LogP contribution in [-0.4, -0.2) is 45.9 Å². The molecule has 1 aromatic carbocycles. The number of rotatable bonds is 5. The Labute approximate surface area is 153 Å². The number of hydrogen-bond donors (Lipinski definition) is 1. The van der Waals surface area contributed by atoms with Crippen LogP contribution < -0.4 is 10.5 Å². The number of fused-ring (bicyclic) bond motifs is 1. The number of likely N-dealkylation sites (tertiary alicyclic amines) is 1. The summed E-state index contributed by atoms with van der Waals surface area (Å²) in [5, 5.41) is 5.20. The summed E-state index contributed by atoms with van der Waals surface area (Å²) in [5.74, 6) is 1.92. The zero-order valence-corrected chi connectivity index (χ0v) is 15.1. The lowest BCUT2D eigenvalue weighted by Crippen LogP contribution is -2.37. The van der Waals surface area contributed by atoms with E-state index in [-0.39, 0.29) is 0 Å². The molecule has 0 unspecified atom stereocenters. The molecule has 2 aromatic heterocycles. The highest BCUT2D eigenvalue weighted by atomic mass is 16.5. The third-order valence-electron chi connectivity index (χ3n) is 5.08. The van der Waals surface area contributed by atoms with Crippen molar-refractivity contribution in [1.29, 1.82) is 0 Å². The zero-order chi connectivity index (χ0) is 17.9. The van der Waals surface area contributed by atoms with E-state index in [2.05, 4.69) is 22.1 Å². The average molecular weight is 351 g/mol. The van der Waals surface area contributed by atoms with Crippen LogP contribution in [0.25, 0.3) is 11.0 Å². The number of hydrogen-bond acceptors (Lipinski definition) is 5. The predicted molar refractivity (Wildman–Crippen MR) is 103 cm³/mol. The first-order chi connectivity index (χ1) is 12.7. The molecule has 26 heavy (non-hydrogen) atoms. The molecular formula is C20H25N5O. The minimum atomic E-state index is 0.445. The van der Waals surface area contributed by atoms with Gasteiger partial charge >= 0.3 is 0 Å². The molecule has 1 aliphatic heterocycles. The molecule has 1 fully saturated rings. The minimum absolute atomic E-state index is 0.445. The normalized spacial score (nSPS) is 18.3. The van der Waals surface area contributed by atoms with Crippen LogP contribution in [0.1, 0.15) is 24.5 Å². The van der Waals surface area contributed by atoms with E-state index in [9.17, 15) is 0 Å². The van der Waals surface area contributed by atoms with Gasteiger partial charge in [0.2, 0.25) is 0 Å². The van der Waals surface area contributed by atoms with Gasteiger partial charge in [-0.2, -0.15) is 5.10 Å². The summed E-state index contributed by atoms with van der Waals surface area (Å²) in [4.78, 5) is 7.32. The van der Waals surface area contributed by atoms with Gasteiger partial charge in [0.15, 0.2) is 11.5 Å². The van der Waals surface area contributed by atoms with E-state index in [0.29, 0.717) is 18.3 Å². The molecule has 3 aromatic rings. The topological polar surface area (TPSA) is 69.2 Å². The zero-order valence-electron chi connectivity index (χ0n) is 15.1. The van der Waals surface area contributed by atoms with E-state index in [1.165, 1.54) is 12.8 Å². The molecule has 136 valence electrons. The fourth-order valence-electron chi connectivity index (χ4n) is 3.71. The number of piperidine rings is 1. The first kappa shape index (κ1) is 16.8. The van der Waals surface area contributed by atoms with E-state index >= 15 is 0 Å². The van der Waals surface area contributed by atoms with Crippen molar-refractivity contribution in [2.75, 3.05) is 32.0 Å². The number of anilines is 1. The molecule has 1 atom stereocenters. The number of aromatic nitrogens is 3. The Morgan fingerprint density at radius 1 is 1.19 bits per heavy atom. The van der Waals surface area contributed by atoms with E-state index in [1.54, 1.807) is 4.68 Å². The molecule has 0 aliphatic carbocycles. The molecule has 0 radical (unpaired) electrons. The molecule has 4 rings (SSSR count). The van der Waals surface area contributed by atoms with Crippen molar-refractivity contribution in [1.82, 2.24) is 19.7 Å². The van der Waals surface area contributed by atoms with Gasteiger partial charge in [-0.05, 0) is 43.7 Å². The van der Waals surface area contributed by atoms with E-state index in [0.717, 1.165) is 42.1 Å². The van der Waals surface area contributed by atoms with Gasteiger partial charge < -0.3 is 10.5 Å². The molecule has 0 spiro atoms. The van der Waals surface area contributed by atoms with Gasteiger partial charge in [0.05, 0.1) is 5.39 Å². The number of benzene rings is 1. The van der Waals surface area contributed by atoms with E-state index in [1.807, 2.05) is 37.4 Å². The fraction of sp³-hybridized carbons (Fsp3) is 0.400. The maximum Gasteiger partial charge on any atom is 0.159 e. The molecule has 1 aliphatic rings. The molecule has 0 amide bonds. The van der Waals surface area contributed by atoms with Crippen molar-refractivity contribution < 1.29 is 4.74 Å². The second-order valence-electron chi connectivity index (χ2n) is 6.92. The molecule has 3 heterocycles. The molecular weight excluding hydrogens is 326 g/mol. The number of ether oxygens (including phenoxy) is 1. The number of nitrogens with zero attached hydrogens (tertiary/aromatic N) is 4. The maximum atomic E-state index is 5.94. The third-order valence-corrected chi connectivity index (χ3v) is 5.08. The summed E-state index contributed by atoms with van der Waals surface area (Å²) < 4.78 is 7.61. The number of para-hydroxylation sites is 1. The monoisotopic (exact) mass is 351 g/mol. The lowest BCUT2D eigenvalue weighted by atomic mass is 9.94. The highest BCUT2D eigenvalue weighted by Gasteiger charge is 2.23. The largest absolute Gasteiger partial charge is 0.492 e. The summed E-state index contributed by atoms with van der Waals surface area (Å²) >= 11 is 0. The first-order valence-corrected chi connectivity index (χ1v) is 9.20. The first-order valence-electron chi connectivity index (χ1n) is 9.20. The van der Waals surface area contributed by atoms with Crippen LogP contribution >= 0.6 is 0 Å². The third kappa shape index (κ3) is 3.51. The number of nitrogens with two attached hydrogens (primary N) is 1. The second kappa shape index (κ2) is 7.33. The van der Waals surface area contributed by atoms with Crippen molar-refractivity contribution in [3.05, 3.63) is 48.2 Å². The van der Waals surface area contributed by atoms with Crippen molar-refractivity contribution in [2.24, 2.45) is 7.05 Å². The Kier molecular flexibility index (Phi) is 4.75. The Balaban J connectivity index is 1.39. The quantitative estimate of drug-likeness (QED) is 0.765. The number of pyridine rings is 1. The Bertz CT molecular complexity index is 877. The molecule has 1 saturated heterocycles. The van der Waals surface area contributed by atoms with E-state index < -0.39 is 0 Å². The lowest BCUT2D eigenvalue weighted by Gasteiger charge is -2.32. The van der Waals surface area contributed by atoms with Gasteiger partial charge in [-0.3, -0.25) is 4.90 Å². The van der Waals surface area contributed by atoms with Crippen molar-refractivity contribution >= 4 is 16.9 Å². The molecule has 0 bridgehead atoms. The molecule has 2 N–H and O–H groups in total. The van der Waals surface area contributed by atoms with Crippen LogP contribution in [0.15, 0.2) is 42.5 Å². The van der Waals surface area contributed by atoms with Crippen molar-refractivity contribution in [3.8, 4) is 5.75 Å². The fourth-order valence-corrected chi connectivity index (χ4v) is 3.71. The minimum Gasteiger partial charge on any atom is -0.492 e. The summed E-state index contributed by atoms with van der Waals surface area (Å²) in [6.45, 7) is 3.79. The number of nitrogen functional groups attached to an aromatic ring is 1. The van der Waals surface area contributed by atoms with Gasteiger partial charge in [0.1, 0.15) is 12.4 Å². The van der Waals surface area contributed by atoms with Crippen LogP contribution in [-0.2, 0) is 7.05 Å².